The van der Waals surface area contributed by atoms with Crippen molar-refractivity contribution in [2.45, 2.75) is 13.3 Å². The van der Waals surface area contributed by atoms with Gasteiger partial charge in [-0.1, -0.05) is 18.2 Å². The summed E-state index contributed by atoms with van der Waals surface area (Å²) < 4.78 is 0. The van der Waals surface area contributed by atoms with E-state index in [9.17, 15) is 9.59 Å². The van der Waals surface area contributed by atoms with Crippen molar-refractivity contribution in [3.05, 3.63) is 45.9 Å². The van der Waals surface area contributed by atoms with E-state index < -0.39 is 0 Å². The molecule has 5 nitrogen and oxygen atoms in total. The second kappa shape index (κ2) is 5.67. The molecule has 0 fully saturated rings. The van der Waals surface area contributed by atoms with E-state index in [-0.39, 0.29) is 11.5 Å². The number of amides is 1. The Balaban J connectivity index is 2.42. The normalized spacial score (nSPS) is 10.6. The minimum absolute atomic E-state index is 0.245. The number of hydrogen-bond acceptors (Lipinski definition) is 3. The first-order valence-electron chi connectivity index (χ1n) is 6.25. The number of H-pyrrole nitrogens is 1. The molecule has 0 aliphatic heterocycles. The summed E-state index contributed by atoms with van der Waals surface area (Å²) in [6.07, 6.45) is 0.711. The van der Waals surface area contributed by atoms with E-state index in [0.29, 0.717) is 30.6 Å². The Morgan fingerprint density at radius 1 is 1.32 bits per heavy atom. The summed E-state index contributed by atoms with van der Waals surface area (Å²) in [5.41, 5.74) is 6.23. The molecule has 100 valence electrons. The van der Waals surface area contributed by atoms with Gasteiger partial charge < -0.3 is 16.0 Å². The van der Waals surface area contributed by atoms with E-state index in [0.717, 1.165) is 10.9 Å². The van der Waals surface area contributed by atoms with Crippen LogP contribution in [0, 0.1) is 6.92 Å². The molecule has 0 aliphatic carbocycles. The van der Waals surface area contributed by atoms with Gasteiger partial charge in [-0.15, -0.1) is 0 Å². The van der Waals surface area contributed by atoms with Crippen LogP contribution in [0.5, 0.6) is 0 Å². The van der Waals surface area contributed by atoms with E-state index in [2.05, 4.69) is 10.3 Å². The summed E-state index contributed by atoms with van der Waals surface area (Å²) in [5, 5.41) is 4.14. The lowest BCUT2D eigenvalue weighted by Crippen LogP contribution is -2.29. The topological polar surface area (TPSA) is 88.0 Å². The molecule has 1 aromatic heterocycles. The second-order valence-corrected chi connectivity index (χ2v) is 4.40. The van der Waals surface area contributed by atoms with Gasteiger partial charge in [-0.05, 0) is 36.9 Å². The van der Waals surface area contributed by atoms with Crippen LogP contribution >= 0.6 is 0 Å². The van der Waals surface area contributed by atoms with Crippen molar-refractivity contribution in [2.75, 3.05) is 13.1 Å². The quantitative estimate of drug-likeness (QED) is 0.713. The number of fused-ring (bicyclic) bond motifs is 1. The summed E-state index contributed by atoms with van der Waals surface area (Å²) in [6.45, 7) is 2.85. The third-order valence-corrected chi connectivity index (χ3v) is 3.08. The van der Waals surface area contributed by atoms with Crippen LogP contribution in [0.3, 0.4) is 0 Å². The van der Waals surface area contributed by atoms with Gasteiger partial charge in [-0.25, -0.2) is 0 Å². The fraction of sp³-hybridized carbons (Fsp3) is 0.286. The molecule has 2 aromatic rings. The molecule has 1 aromatic carbocycles. The lowest BCUT2D eigenvalue weighted by atomic mass is 10.1. The Hall–Kier alpha value is -2.14. The van der Waals surface area contributed by atoms with E-state index in [1.165, 1.54) is 0 Å². The number of aromatic nitrogens is 1. The van der Waals surface area contributed by atoms with Gasteiger partial charge in [0.1, 0.15) is 5.69 Å². The number of carbonyl (C=O) groups excluding carboxylic acids is 1. The highest BCUT2D eigenvalue weighted by Crippen LogP contribution is 2.16. The molecule has 0 saturated carbocycles. The lowest BCUT2D eigenvalue weighted by Gasteiger charge is -2.09. The average Bonchev–Trinajstić information content (AvgIpc) is 2.43. The van der Waals surface area contributed by atoms with Gasteiger partial charge in [0, 0.05) is 11.9 Å². The molecule has 0 bridgehead atoms. The van der Waals surface area contributed by atoms with Crippen LogP contribution in [0.25, 0.3) is 10.8 Å². The van der Waals surface area contributed by atoms with Crippen LogP contribution in [-0.4, -0.2) is 24.0 Å². The predicted octanol–water partition coefficient (Wildman–Crippen LogP) is 0.915. The number of rotatable bonds is 4. The Bertz CT molecular complexity index is 661. The number of benzene rings is 1. The molecule has 0 unspecified atom stereocenters. The first-order chi connectivity index (χ1) is 9.15. The van der Waals surface area contributed by atoms with Gasteiger partial charge in [0.25, 0.3) is 11.5 Å². The molecule has 19 heavy (non-hydrogen) atoms. The molecule has 1 amide bonds. The SMILES string of the molecule is Cc1c(C(=O)NCCCN)[nH]c(=O)c2ccccc12. The summed E-state index contributed by atoms with van der Waals surface area (Å²) in [7, 11) is 0. The summed E-state index contributed by atoms with van der Waals surface area (Å²) >= 11 is 0. The molecule has 0 spiro atoms. The van der Waals surface area contributed by atoms with Gasteiger partial charge in [0.15, 0.2) is 0 Å². The van der Waals surface area contributed by atoms with Crippen LogP contribution in [0.1, 0.15) is 22.5 Å². The summed E-state index contributed by atoms with van der Waals surface area (Å²) in [4.78, 5) is 26.6. The second-order valence-electron chi connectivity index (χ2n) is 4.40. The highest BCUT2D eigenvalue weighted by Gasteiger charge is 2.13. The van der Waals surface area contributed by atoms with Gasteiger partial charge in [-0.3, -0.25) is 9.59 Å². The van der Waals surface area contributed by atoms with Crippen molar-refractivity contribution in [2.24, 2.45) is 5.73 Å². The maximum Gasteiger partial charge on any atom is 0.268 e. The maximum atomic E-state index is 12.0. The lowest BCUT2D eigenvalue weighted by molar-refractivity contribution is 0.0948. The smallest absolute Gasteiger partial charge is 0.268 e. The van der Waals surface area contributed by atoms with E-state index in [1.807, 2.05) is 19.1 Å². The minimum atomic E-state index is -0.270. The van der Waals surface area contributed by atoms with Gasteiger partial charge in [-0.2, -0.15) is 0 Å². The predicted molar refractivity (Wildman–Crippen MR) is 75.3 cm³/mol. The monoisotopic (exact) mass is 259 g/mol. The Labute approximate surface area is 110 Å². The molecule has 2 rings (SSSR count). The van der Waals surface area contributed by atoms with Gasteiger partial charge >= 0.3 is 0 Å². The number of aryl methyl sites for hydroxylation is 1. The number of nitrogens with two attached hydrogens (primary N) is 1. The fourth-order valence-corrected chi connectivity index (χ4v) is 2.04. The van der Waals surface area contributed by atoms with Crippen molar-refractivity contribution in [1.82, 2.24) is 10.3 Å². The molecule has 0 atom stereocenters. The maximum absolute atomic E-state index is 12.0. The zero-order valence-corrected chi connectivity index (χ0v) is 10.8. The van der Waals surface area contributed by atoms with Gasteiger partial charge in [0.2, 0.25) is 0 Å². The van der Waals surface area contributed by atoms with Crippen molar-refractivity contribution >= 4 is 16.7 Å². The molecular formula is C14H17N3O2. The van der Waals surface area contributed by atoms with Crippen LogP contribution in [0.4, 0.5) is 0 Å². The van der Waals surface area contributed by atoms with Crippen molar-refractivity contribution in [1.29, 1.82) is 0 Å². The number of aromatic amines is 1. The highest BCUT2D eigenvalue weighted by atomic mass is 16.2. The molecule has 4 N–H and O–H groups in total. The van der Waals surface area contributed by atoms with Gasteiger partial charge in [0.05, 0.1) is 0 Å². The largest absolute Gasteiger partial charge is 0.351 e. The fourth-order valence-electron chi connectivity index (χ4n) is 2.04. The van der Waals surface area contributed by atoms with Crippen LogP contribution in [0.15, 0.2) is 29.1 Å². The summed E-state index contributed by atoms with van der Waals surface area (Å²) in [5.74, 6) is -0.270. The Morgan fingerprint density at radius 3 is 2.68 bits per heavy atom. The third-order valence-electron chi connectivity index (χ3n) is 3.08. The standard InChI is InChI=1S/C14H17N3O2/c1-9-10-5-2-3-6-11(10)13(18)17-12(9)14(19)16-8-4-7-15/h2-3,5-6H,4,7-8,15H2,1H3,(H,16,19)(H,17,18). The zero-order chi connectivity index (χ0) is 13.8. The Morgan fingerprint density at radius 2 is 2.00 bits per heavy atom. The van der Waals surface area contributed by atoms with Crippen LogP contribution in [0.2, 0.25) is 0 Å². The van der Waals surface area contributed by atoms with Crippen molar-refractivity contribution in [3.63, 3.8) is 0 Å². The minimum Gasteiger partial charge on any atom is -0.351 e. The van der Waals surface area contributed by atoms with E-state index in [4.69, 9.17) is 5.73 Å². The molecule has 0 saturated heterocycles. The number of nitrogens with one attached hydrogen (secondary N) is 2. The first-order valence-corrected chi connectivity index (χ1v) is 6.25. The van der Waals surface area contributed by atoms with Crippen molar-refractivity contribution in [3.8, 4) is 0 Å². The molecule has 0 radical (unpaired) electrons. The van der Waals surface area contributed by atoms with Crippen LogP contribution in [-0.2, 0) is 0 Å². The van der Waals surface area contributed by atoms with Crippen molar-refractivity contribution < 1.29 is 4.79 Å². The average molecular weight is 259 g/mol. The third kappa shape index (κ3) is 2.66. The number of carbonyl (C=O) groups is 1. The molecular weight excluding hydrogens is 242 g/mol. The number of pyridine rings is 1. The molecule has 1 heterocycles. The molecule has 5 heteroatoms. The van der Waals surface area contributed by atoms with Crippen LogP contribution < -0.4 is 16.6 Å². The van der Waals surface area contributed by atoms with E-state index >= 15 is 0 Å². The zero-order valence-electron chi connectivity index (χ0n) is 10.8. The molecule has 0 aliphatic rings. The summed E-state index contributed by atoms with van der Waals surface area (Å²) in [6, 6.07) is 7.25. The Kier molecular flexibility index (Phi) is 3.97. The first kappa shape index (κ1) is 13.3. The van der Waals surface area contributed by atoms with E-state index in [1.54, 1.807) is 12.1 Å². The number of hydrogen-bond donors (Lipinski definition) is 3. The highest BCUT2D eigenvalue weighted by molar-refractivity contribution is 5.99.